The number of rotatable bonds is 2. The molecule has 4 N–H and O–H groups in total. The number of ether oxygens (including phenoxy) is 2. The number of carbonyl (C=O) groups is 1. The fraction of sp³-hybridized carbons (Fsp3) is 0.417. The van der Waals surface area contributed by atoms with E-state index in [1.54, 1.807) is 6.92 Å². The van der Waals surface area contributed by atoms with E-state index in [4.69, 9.17) is 15.3 Å². The lowest BCUT2D eigenvalue weighted by atomic mass is 9.88. The van der Waals surface area contributed by atoms with E-state index in [9.17, 15) is 4.79 Å². The van der Waals surface area contributed by atoms with Gasteiger partial charge < -0.3 is 14.8 Å². The lowest BCUT2D eigenvalue weighted by Gasteiger charge is -2.41. The molecule has 1 unspecified atom stereocenters. The van der Waals surface area contributed by atoms with Crippen molar-refractivity contribution in [3.63, 3.8) is 0 Å². The van der Waals surface area contributed by atoms with Gasteiger partial charge in [-0.05, 0) is 24.6 Å². The van der Waals surface area contributed by atoms with Gasteiger partial charge in [0.1, 0.15) is 11.3 Å². The Bertz CT molecular complexity index is 494. The van der Waals surface area contributed by atoms with Crippen molar-refractivity contribution in [3.8, 4) is 5.75 Å². The van der Waals surface area contributed by atoms with Crippen LogP contribution >= 0.6 is 0 Å². The molecule has 1 saturated heterocycles. The minimum absolute atomic E-state index is 0.140. The molecule has 1 fully saturated rings. The van der Waals surface area contributed by atoms with Crippen molar-refractivity contribution in [1.29, 1.82) is 0 Å². The van der Waals surface area contributed by atoms with E-state index in [1.807, 2.05) is 18.2 Å². The third-order valence-corrected chi connectivity index (χ3v) is 3.44. The molecule has 1 atom stereocenters. The quantitative estimate of drug-likeness (QED) is 0.511. The van der Waals surface area contributed by atoms with E-state index in [1.165, 1.54) is 0 Å². The Labute approximate surface area is 104 Å². The Hall–Kier alpha value is -1.63. The van der Waals surface area contributed by atoms with Crippen molar-refractivity contribution in [1.82, 2.24) is 5.43 Å². The number of nitrogens with two attached hydrogens (primary N) is 1. The summed E-state index contributed by atoms with van der Waals surface area (Å²) >= 11 is 0. The van der Waals surface area contributed by atoms with Gasteiger partial charge >= 0.3 is 0 Å². The predicted molar refractivity (Wildman–Crippen MR) is 65.0 cm³/mol. The van der Waals surface area contributed by atoms with Crippen molar-refractivity contribution in [2.75, 3.05) is 18.5 Å². The Morgan fingerprint density at radius 2 is 2.28 bits per heavy atom. The van der Waals surface area contributed by atoms with Crippen molar-refractivity contribution in [2.24, 2.45) is 5.84 Å². The van der Waals surface area contributed by atoms with Crippen LogP contribution in [0, 0.1) is 0 Å². The lowest BCUT2D eigenvalue weighted by Crippen LogP contribution is -2.60. The van der Waals surface area contributed by atoms with Crippen LogP contribution in [0.3, 0.4) is 0 Å². The molecule has 6 nitrogen and oxygen atoms in total. The second-order valence-corrected chi connectivity index (χ2v) is 4.68. The average Bonchev–Trinajstić information content (AvgIpc) is 2.30. The van der Waals surface area contributed by atoms with E-state index in [0.29, 0.717) is 24.7 Å². The molecule has 2 aliphatic heterocycles. The van der Waals surface area contributed by atoms with E-state index in [-0.39, 0.29) is 11.4 Å². The number of hydrazine groups is 1. The zero-order valence-corrected chi connectivity index (χ0v) is 10.0. The number of carbonyl (C=O) groups excluding carboxylic acids is 1. The molecule has 1 aromatic carbocycles. The van der Waals surface area contributed by atoms with Gasteiger partial charge in [0.05, 0.1) is 18.9 Å². The molecule has 0 aliphatic carbocycles. The molecule has 0 spiro atoms. The van der Waals surface area contributed by atoms with Gasteiger partial charge in [-0.2, -0.15) is 0 Å². The molecule has 2 heterocycles. The van der Waals surface area contributed by atoms with Crippen LogP contribution in [-0.4, -0.2) is 25.2 Å². The first-order valence-corrected chi connectivity index (χ1v) is 5.82. The summed E-state index contributed by atoms with van der Waals surface area (Å²) in [6.45, 7) is 2.76. The van der Waals surface area contributed by atoms with Crippen molar-refractivity contribution >= 4 is 11.6 Å². The van der Waals surface area contributed by atoms with Gasteiger partial charge in [-0.3, -0.25) is 10.6 Å². The van der Waals surface area contributed by atoms with Crippen LogP contribution in [0.2, 0.25) is 0 Å². The maximum atomic E-state index is 11.6. The molecule has 0 aromatic heterocycles. The van der Waals surface area contributed by atoms with E-state index in [0.717, 1.165) is 5.56 Å². The van der Waals surface area contributed by atoms with Gasteiger partial charge in [0.15, 0.2) is 6.10 Å². The number of amides is 1. The number of fused-ring (bicyclic) bond motifs is 1. The summed E-state index contributed by atoms with van der Waals surface area (Å²) in [7, 11) is 0. The highest BCUT2D eigenvalue weighted by Gasteiger charge is 2.40. The summed E-state index contributed by atoms with van der Waals surface area (Å²) in [4.78, 5) is 11.6. The zero-order chi connectivity index (χ0) is 12.8. The fourth-order valence-corrected chi connectivity index (χ4v) is 2.15. The van der Waals surface area contributed by atoms with Crippen molar-refractivity contribution in [2.45, 2.75) is 18.6 Å². The van der Waals surface area contributed by atoms with Gasteiger partial charge in [0, 0.05) is 0 Å². The standard InChI is InChI=1S/C12H15N3O3/c1-7-11(16)14-9-4-8(2-3-10(9)18-7)12(15-13)5-17-6-12/h2-4,7,15H,5-6,13H2,1H3,(H,14,16). The van der Waals surface area contributed by atoms with Crippen LogP contribution in [0.1, 0.15) is 12.5 Å². The number of hydrogen-bond acceptors (Lipinski definition) is 5. The first-order valence-electron chi connectivity index (χ1n) is 5.82. The van der Waals surface area contributed by atoms with Crippen LogP contribution in [0.25, 0.3) is 0 Å². The molecule has 18 heavy (non-hydrogen) atoms. The van der Waals surface area contributed by atoms with Gasteiger partial charge in [0.2, 0.25) is 0 Å². The topological polar surface area (TPSA) is 85.6 Å². The molecule has 1 amide bonds. The molecular weight excluding hydrogens is 234 g/mol. The second kappa shape index (κ2) is 3.94. The predicted octanol–water partition coefficient (Wildman–Crippen LogP) is 0.0948. The zero-order valence-electron chi connectivity index (χ0n) is 10.0. The lowest BCUT2D eigenvalue weighted by molar-refractivity contribution is -0.122. The highest BCUT2D eigenvalue weighted by Crippen LogP contribution is 2.36. The van der Waals surface area contributed by atoms with Crippen LogP contribution in [0.15, 0.2) is 18.2 Å². The first-order chi connectivity index (χ1) is 8.64. The van der Waals surface area contributed by atoms with Crippen molar-refractivity contribution in [3.05, 3.63) is 23.8 Å². The van der Waals surface area contributed by atoms with Gasteiger partial charge in [-0.25, -0.2) is 5.43 Å². The van der Waals surface area contributed by atoms with E-state index < -0.39 is 6.10 Å². The largest absolute Gasteiger partial charge is 0.479 e. The van der Waals surface area contributed by atoms with Gasteiger partial charge in [-0.1, -0.05) is 6.07 Å². The Kier molecular flexibility index (Phi) is 2.51. The summed E-state index contributed by atoms with van der Waals surface area (Å²) in [6, 6.07) is 5.66. The Morgan fingerprint density at radius 1 is 1.50 bits per heavy atom. The van der Waals surface area contributed by atoms with Crippen molar-refractivity contribution < 1.29 is 14.3 Å². The van der Waals surface area contributed by atoms with Crippen LogP contribution < -0.4 is 21.3 Å². The second-order valence-electron chi connectivity index (χ2n) is 4.68. The Morgan fingerprint density at radius 3 is 2.89 bits per heavy atom. The SMILES string of the molecule is CC1Oc2ccc(C3(NN)COC3)cc2NC1=O. The summed E-state index contributed by atoms with van der Waals surface area (Å²) < 4.78 is 10.7. The highest BCUT2D eigenvalue weighted by atomic mass is 16.5. The van der Waals surface area contributed by atoms with E-state index in [2.05, 4.69) is 10.7 Å². The van der Waals surface area contributed by atoms with Gasteiger partial charge in [0.25, 0.3) is 5.91 Å². The maximum absolute atomic E-state index is 11.6. The normalized spacial score (nSPS) is 24.6. The van der Waals surface area contributed by atoms with Crippen LogP contribution in [0.4, 0.5) is 5.69 Å². The van der Waals surface area contributed by atoms with Crippen LogP contribution in [0.5, 0.6) is 5.75 Å². The minimum Gasteiger partial charge on any atom is -0.479 e. The average molecular weight is 249 g/mol. The molecule has 1 aromatic rings. The number of anilines is 1. The summed E-state index contributed by atoms with van der Waals surface area (Å²) in [5.74, 6) is 6.12. The van der Waals surface area contributed by atoms with Gasteiger partial charge in [-0.15, -0.1) is 0 Å². The summed E-state index contributed by atoms with van der Waals surface area (Å²) in [5.41, 5.74) is 4.08. The molecule has 6 heteroatoms. The number of hydrogen-bond donors (Lipinski definition) is 3. The molecule has 0 radical (unpaired) electrons. The summed E-state index contributed by atoms with van der Waals surface area (Å²) in [6.07, 6.45) is -0.461. The fourth-order valence-electron chi connectivity index (χ4n) is 2.15. The molecule has 96 valence electrons. The smallest absolute Gasteiger partial charge is 0.265 e. The third-order valence-electron chi connectivity index (χ3n) is 3.44. The third kappa shape index (κ3) is 1.58. The van der Waals surface area contributed by atoms with Crippen LogP contribution in [-0.2, 0) is 15.1 Å². The minimum atomic E-state index is -0.461. The molecule has 3 rings (SSSR count). The number of nitrogens with one attached hydrogen (secondary N) is 2. The molecular formula is C12H15N3O3. The monoisotopic (exact) mass is 249 g/mol. The highest BCUT2D eigenvalue weighted by molar-refractivity contribution is 5.97. The summed E-state index contributed by atoms with van der Waals surface area (Å²) in [5, 5.41) is 2.82. The number of benzene rings is 1. The Balaban J connectivity index is 1.96. The molecule has 0 bridgehead atoms. The molecule has 2 aliphatic rings. The first kappa shape index (κ1) is 11.5. The molecule has 0 saturated carbocycles. The van der Waals surface area contributed by atoms with E-state index >= 15 is 0 Å². The maximum Gasteiger partial charge on any atom is 0.265 e.